The van der Waals surface area contributed by atoms with Gasteiger partial charge < -0.3 is 29.3 Å². The van der Waals surface area contributed by atoms with Gasteiger partial charge in [0.05, 0.1) is 32.8 Å². The first kappa shape index (κ1) is 26.4. The summed E-state index contributed by atoms with van der Waals surface area (Å²) in [5.41, 5.74) is 1.93. The summed E-state index contributed by atoms with van der Waals surface area (Å²) < 4.78 is 11.6. The first-order valence-corrected chi connectivity index (χ1v) is 11.8. The number of amides is 2. The van der Waals surface area contributed by atoms with Gasteiger partial charge in [-0.05, 0) is 44.8 Å². The molecule has 9 heteroatoms. The van der Waals surface area contributed by atoms with Gasteiger partial charge in [0.1, 0.15) is 17.4 Å². The third kappa shape index (κ3) is 6.29. The number of methoxy groups -OCH3 is 1. The van der Waals surface area contributed by atoms with Crippen LogP contribution in [0.2, 0.25) is 0 Å². The third-order valence-electron chi connectivity index (χ3n) is 6.26. The molecule has 0 bridgehead atoms. The van der Waals surface area contributed by atoms with E-state index in [1.807, 2.05) is 57.1 Å². The molecule has 190 valence electrons. The van der Waals surface area contributed by atoms with Gasteiger partial charge in [-0.15, -0.1) is 0 Å². The molecule has 2 aromatic rings. The molecular formula is C26H36N4O5. The average molecular weight is 485 g/mol. The van der Waals surface area contributed by atoms with Crippen molar-refractivity contribution < 1.29 is 24.2 Å². The smallest absolute Gasteiger partial charge is 0.259 e. The molecule has 1 N–H and O–H groups in total. The lowest BCUT2D eigenvalue weighted by atomic mass is 9.99. The van der Waals surface area contributed by atoms with Gasteiger partial charge in [0, 0.05) is 31.3 Å². The van der Waals surface area contributed by atoms with Crippen molar-refractivity contribution in [3.05, 3.63) is 42.1 Å². The van der Waals surface area contributed by atoms with E-state index in [1.54, 1.807) is 36.2 Å². The first-order valence-electron chi connectivity index (χ1n) is 11.8. The van der Waals surface area contributed by atoms with Gasteiger partial charge in [-0.2, -0.15) is 0 Å². The van der Waals surface area contributed by atoms with Crippen LogP contribution < -0.4 is 9.47 Å². The quantitative estimate of drug-likeness (QED) is 0.612. The van der Waals surface area contributed by atoms with Gasteiger partial charge in [0.2, 0.25) is 11.8 Å². The Hall–Kier alpha value is -3.17. The van der Waals surface area contributed by atoms with Gasteiger partial charge in [-0.3, -0.25) is 9.59 Å². The summed E-state index contributed by atoms with van der Waals surface area (Å²) in [6.07, 6.45) is 1.28. The van der Waals surface area contributed by atoms with E-state index >= 15 is 0 Å². The Morgan fingerprint density at radius 1 is 1.29 bits per heavy atom. The van der Waals surface area contributed by atoms with E-state index in [0.717, 1.165) is 11.1 Å². The first-order chi connectivity index (χ1) is 16.6. The summed E-state index contributed by atoms with van der Waals surface area (Å²) in [5.74, 6) is 0.552. The van der Waals surface area contributed by atoms with Crippen LogP contribution in [0.1, 0.15) is 24.2 Å². The van der Waals surface area contributed by atoms with Crippen LogP contribution in [0.15, 0.2) is 36.5 Å². The number of nitrogens with zero attached hydrogens (tertiary/aromatic N) is 4. The maximum absolute atomic E-state index is 13.6. The minimum absolute atomic E-state index is 0.0222. The number of pyridine rings is 1. The van der Waals surface area contributed by atoms with E-state index in [1.165, 1.54) is 0 Å². The van der Waals surface area contributed by atoms with Crippen LogP contribution in [0.5, 0.6) is 11.6 Å². The maximum atomic E-state index is 13.6. The highest BCUT2D eigenvalue weighted by Crippen LogP contribution is 2.31. The lowest BCUT2D eigenvalue weighted by Gasteiger charge is -2.37. The van der Waals surface area contributed by atoms with Crippen LogP contribution in [0, 0.1) is 5.92 Å². The molecule has 0 radical (unpaired) electrons. The van der Waals surface area contributed by atoms with Crippen LogP contribution in [0.3, 0.4) is 0 Å². The van der Waals surface area contributed by atoms with Gasteiger partial charge in [0.15, 0.2) is 0 Å². The molecule has 2 amide bonds. The van der Waals surface area contributed by atoms with Crippen molar-refractivity contribution in [1.82, 2.24) is 19.7 Å². The number of hydrogen-bond donors (Lipinski definition) is 1. The normalized spacial score (nSPS) is 18.9. The number of hydrogen-bond acceptors (Lipinski definition) is 7. The number of aliphatic hydroxyl groups excluding tert-OH is 1. The molecule has 9 nitrogen and oxygen atoms in total. The maximum Gasteiger partial charge on any atom is 0.259 e. The lowest BCUT2D eigenvalue weighted by Crippen LogP contribution is -2.51. The molecule has 1 aromatic heterocycles. The van der Waals surface area contributed by atoms with E-state index in [2.05, 4.69) is 4.98 Å². The average Bonchev–Trinajstić information content (AvgIpc) is 2.84. The van der Waals surface area contributed by atoms with Gasteiger partial charge >= 0.3 is 0 Å². The van der Waals surface area contributed by atoms with Crippen molar-refractivity contribution in [3.63, 3.8) is 0 Å². The molecule has 1 aliphatic heterocycles. The third-order valence-corrected chi connectivity index (χ3v) is 6.26. The zero-order chi connectivity index (χ0) is 25.7. The molecule has 3 atom stereocenters. The molecular weight excluding hydrogens is 448 g/mol. The molecule has 0 saturated carbocycles. The van der Waals surface area contributed by atoms with Crippen molar-refractivity contribution in [3.8, 4) is 22.8 Å². The second-order valence-corrected chi connectivity index (χ2v) is 9.44. The Morgan fingerprint density at radius 2 is 2.03 bits per heavy atom. The molecule has 0 saturated heterocycles. The Balaban J connectivity index is 2.00. The standard InChI is InChI=1S/C26H36N4O5/c1-17-13-30(18(2)16-31)26(33)22-11-20(19-8-7-9-21(10-19)34-6)12-27-25(22)35-23(17)14-29(5)24(32)15-28(3)4/h7-12,17-18,23,31H,13-16H2,1-6H3/t17-,18+,23-/m1/s1. The van der Waals surface area contributed by atoms with Crippen LogP contribution in [-0.4, -0.2) is 103 Å². The number of rotatable bonds is 8. The summed E-state index contributed by atoms with van der Waals surface area (Å²) in [5, 5.41) is 9.85. The minimum atomic E-state index is -0.387. The zero-order valence-corrected chi connectivity index (χ0v) is 21.4. The fourth-order valence-electron chi connectivity index (χ4n) is 4.04. The highest BCUT2D eigenvalue weighted by Gasteiger charge is 2.34. The minimum Gasteiger partial charge on any atom is -0.497 e. The largest absolute Gasteiger partial charge is 0.497 e. The summed E-state index contributed by atoms with van der Waals surface area (Å²) >= 11 is 0. The van der Waals surface area contributed by atoms with E-state index in [9.17, 15) is 14.7 Å². The second-order valence-electron chi connectivity index (χ2n) is 9.44. The summed E-state index contributed by atoms with van der Waals surface area (Å²) in [7, 11) is 7.05. The number of aliphatic hydroxyl groups is 1. The van der Waals surface area contributed by atoms with Crippen molar-refractivity contribution >= 4 is 11.8 Å². The van der Waals surface area contributed by atoms with E-state index in [-0.39, 0.29) is 42.4 Å². The SMILES string of the molecule is COc1cccc(-c2cnc3c(c2)C(=O)N([C@@H](C)CO)C[C@@H](C)[C@@H](CN(C)C(=O)CN(C)C)O3)c1. The predicted molar refractivity (Wildman–Crippen MR) is 134 cm³/mol. The summed E-state index contributed by atoms with van der Waals surface area (Å²) in [6.45, 7) is 4.65. The second kappa shape index (κ2) is 11.5. The molecule has 0 spiro atoms. The Kier molecular flexibility index (Phi) is 8.69. The van der Waals surface area contributed by atoms with Crippen molar-refractivity contribution in [2.75, 3.05) is 54.5 Å². The van der Waals surface area contributed by atoms with Gasteiger partial charge in [0.25, 0.3) is 5.91 Å². The van der Waals surface area contributed by atoms with Crippen molar-refractivity contribution in [2.45, 2.75) is 26.0 Å². The fraction of sp³-hybridized carbons (Fsp3) is 0.500. The van der Waals surface area contributed by atoms with Gasteiger partial charge in [-0.25, -0.2) is 4.98 Å². The molecule has 0 aliphatic carbocycles. The molecule has 35 heavy (non-hydrogen) atoms. The topological polar surface area (TPSA) is 95.4 Å². The van der Waals surface area contributed by atoms with Crippen LogP contribution in [-0.2, 0) is 4.79 Å². The predicted octanol–water partition coefficient (Wildman–Crippen LogP) is 2.00. The number of carbonyl (C=O) groups is 2. The molecule has 0 fully saturated rings. The molecule has 3 rings (SSSR count). The number of fused-ring (bicyclic) bond motifs is 1. The fourth-order valence-corrected chi connectivity index (χ4v) is 4.04. The monoisotopic (exact) mass is 484 g/mol. The number of carbonyl (C=O) groups excluding carboxylic acids is 2. The van der Waals surface area contributed by atoms with Gasteiger partial charge in [-0.1, -0.05) is 19.1 Å². The zero-order valence-electron chi connectivity index (χ0n) is 21.4. The van der Waals surface area contributed by atoms with Crippen molar-refractivity contribution in [1.29, 1.82) is 0 Å². The lowest BCUT2D eigenvalue weighted by molar-refractivity contribution is -0.132. The van der Waals surface area contributed by atoms with E-state index in [4.69, 9.17) is 9.47 Å². The van der Waals surface area contributed by atoms with Crippen LogP contribution >= 0.6 is 0 Å². The molecule has 2 heterocycles. The summed E-state index contributed by atoms with van der Waals surface area (Å²) in [6, 6.07) is 8.91. The number of ether oxygens (including phenoxy) is 2. The molecule has 1 aliphatic rings. The highest BCUT2D eigenvalue weighted by atomic mass is 16.5. The number of aromatic nitrogens is 1. The summed E-state index contributed by atoms with van der Waals surface area (Å²) in [4.78, 5) is 35.8. The Bertz CT molecular complexity index is 1040. The van der Waals surface area contributed by atoms with Crippen LogP contribution in [0.25, 0.3) is 11.1 Å². The van der Waals surface area contributed by atoms with E-state index in [0.29, 0.717) is 30.9 Å². The molecule has 0 unspecified atom stereocenters. The van der Waals surface area contributed by atoms with E-state index < -0.39 is 0 Å². The number of likely N-dealkylation sites (N-methyl/N-ethyl adjacent to an activating group) is 2. The molecule has 1 aromatic carbocycles. The highest BCUT2D eigenvalue weighted by molar-refractivity contribution is 5.98. The Morgan fingerprint density at radius 3 is 2.69 bits per heavy atom. The number of benzene rings is 1. The van der Waals surface area contributed by atoms with Crippen LogP contribution in [0.4, 0.5) is 0 Å². The van der Waals surface area contributed by atoms with Crippen molar-refractivity contribution in [2.24, 2.45) is 5.92 Å². The Labute approximate surface area is 207 Å².